The SMILES string of the molecule is CCCCc1nc2ccccc2c(=O)n1-c1ccc(Br)cc1C. The van der Waals surface area contributed by atoms with Gasteiger partial charge in [-0.05, 0) is 49.2 Å². The number of unbranched alkanes of at least 4 members (excludes halogenated alkanes) is 1. The molecule has 0 fully saturated rings. The maximum Gasteiger partial charge on any atom is 0.265 e. The molecule has 0 spiro atoms. The van der Waals surface area contributed by atoms with Gasteiger partial charge in [0.15, 0.2) is 0 Å². The molecular formula is C19H19BrN2O. The number of nitrogens with zero attached hydrogens (tertiary/aromatic N) is 2. The van der Waals surface area contributed by atoms with E-state index in [1.165, 1.54) is 0 Å². The van der Waals surface area contributed by atoms with Crippen molar-refractivity contribution in [1.82, 2.24) is 9.55 Å². The molecule has 0 amide bonds. The summed E-state index contributed by atoms with van der Waals surface area (Å²) in [7, 11) is 0. The Morgan fingerprint density at radius 1 is 1.17 bits per heavy atom. The van der Waals surface area contributed by atoms with Gasteiger partial charge in [-0.2, -0.15) is 0 Å². The largest absolute Gasteiger partial charge is 0.268 e. The second-order valence-corrected chi connectivity index (χ2v) is 6.64. The van der Waals surface area contributed by atoms with Gasteiger partial charge in [0.25, 0.3) is 5.56 Å². The lowest BCUT2D eigenvalue weighted by Gasteiger charge is -2.15. The van der Waals surface area contributed by atoms with E-state index in [-0.39, 0.29) is 5.56 Å². The van der Waals surface area contributed by atoms with Gasteiger partial charge < -0.3 is 0 Å². The van der Waals surface area contributed by atoms with E-state index in [4.69, 9.17) is 4.98 Å². The van der Waals surface area contributed by atoms with Crippen molar-refractivity contribution in [2.24, 2.45) is 0 Å². The lowest BCUT2D eigenvalue weighted by Crippen LogP contribution is -2.24. The summed E-state index contributed by atoms with van der Waals surface area (Å²) in [5, 5.41) is 0.662. The molecule has 118 valence electrons. The predicted molar refractivity (Wildman–Crippen MR) is 98.4 cm³/mol. The third kappa shape index (κ3) is 3.08. The van der Waals surface area contributed by atoms with Crippen LogP contribution in [0.4, 0.5) is 0 Å². The molecule has 3 aromatic rings. The maximum absolute atomic E-state index is 13.1. The highest BCUT2D eigenvalue weighted by Gasteiger charge is 2.13. The van der Waals surface area contributed by atoms with Crippen molar-refractivity contribution in [2.45, 2.75) is 33.1 Å². The quantitative estimate of drug-likeness (QED) is 0.660. The molecular weight excluding hydrogens is 352 g/mol. The summed E-state index contributed by atoms with van der Waals surface area (Å²) < 4.78 is 2.79. The Labute approximate surface area is 144 Å². The van der Waals surface area contributed by atoms with Crippen molar-refractivity contribution in [3.8, 4) is 5.69 Å². The molecule has 2 aromatic carbocycles. The number of hydrogen-bond acceptors (Lipinski definition) is 2. The fraction of sp³-hybridized carbons (Fsp3) is 0.263. The van der Waals surface area contributed by atoms with E-state index >= 15 is 0 Å². The third-order valence-corrected chi connectivity index (χ3v) is 4.49. The van der Waals surface area contributed by atoms with Gasteiger partial charge in [-0.25, -0.2) is 4.98 Å². The molecule has 0 aliphatic heterocycles. The van der Waals surface area contributed by atoms with Crippen LogP contribution in [0, 0.1) is 6.92 Å². The second-order valence-electron chi connectivity index (χ2n) is 5.72. The van der Waals surface area contributed by atoms with Crippen LogP contribution in [0.25, 0.3) is 16.6 Å². The molecule has 0 unspecified atom stereocenters. The first-order chi connectivity index (χ1) is 11.1. The van der Waals surface area contributed by atoms with Gasteiger partial charge in [-0.1, -0.05) is 41.4 Å². The van der Waals surface area contributed by atoms with Gasteiger partial charge in [-0.15, -0.1) is 0 Å². The molecule has 1 aromatic heterocycles. The molecule has 4 heteroatoms. The van der Waals surface area contributed by atoms with Crippen molar-refractivity contribution in [2.75, 3.05) is 0 Å². The summed E-state index contributed by atoms with van der Waals surface area (Å²) >= 11 is 3.48. The van der Waals surface area contributed by atoms with E-state index in [0.29, 0.717) is 5.39 Å². The van der Waals surface area contributed by atoms with E-state index in [1.807, 2.05) is 49.4 Å². The minimum Gasteiger partial charge on any atom is -0.268 e. The van der Waals surface area contributed by atoms with Crippen LogP contribution in [0.3, 0.4) is 0 Å². The van der Waals surface area contributed by atoms with Crippen molar-refractivity contribution in [3.63, 3.8) is 0 Å². The first-order valence-corrected chi connectivity index (χ1v) is 8.68. The van der Waals surface area contributed by atoms with Gasteiger partial charge in [0.1, 0.15) is 5.82 Å². The number of rotatable bonds is 4. The highest BCUT2D eigenvalue weighted by Crippen LogP contribution is 2.21. The summed E-state index contributed by atoms with van der Waals surface area (Å²) in [4.78, 5) is 17.8. The fourth-order valence-corrected chi connectivity index (χ4v) is 3.28. The van der Waals surface area contributed by atoms with E-state index in [0.717, 1.165) is 46.3 Å². The number of aryl methyl sites for hydroxylation is 2. The van der Waals surface area contributed by atoms with Crippen molar-refractivity contribution >= 4 is 26.8 Å². The molecule has 3 nitrogen and oxygen atoms in total. The average molecular weight is 371 g/mol. The molecule has 0 saturated carbocycles. The summed E-state index contributed by atoms with van der Waals surface area (Å²) in [5.74, 6) is 0.834. The third-order valence-electron chi connectivity index (χ3n) is 4.00. The summed E-state index contributed by atoms with van der Waals surface area (Å²) in [6, 6.07) is 13.5. The van der Waals surface area contributed by atoms with Crippen molar-refractivity contribution in [3.05, 3.63) is 68.7 Å². The Morgan fingerprint density at radius 3 is 2.70 bits per heavy atom. The smallest absolute Gasteiger partial charge is 0.265 e. The van der Waals surface area contributed by atoms with Crippen LogP contribution in [0.2, 0.25) is 0 Å². The Kier molecular flexibility index (Phi) is 4.62. The van der Waals surface area contributed by atoms with Gasteiger partial charge >= 0.3 is 0 Å². The number of halogens is 1. The summed E-state index contributed by atoms with van der Waals surface area (Å²) in [6.45, 7) is 4.17. The van der Waals surface area contributed by atoms with E-state index in [1.54, 1.807) is 4.57 Å². The van der Waals surface area contributed by atoms with Crippen LogP contribution < -0.4 is 5.56 Å². The molecule has 0 radical (unpaired) electrons. The molecule has 0 atom stereocenters. The van der Waals surface area contributed by atoms with Crippen molar-refractivity contribution < 1.29 is 0 Å². The van der Waals surface area contributed by atoms with Gasteiger partial charge in [0.05, 0.1) is 16.6 Å². The molecule has 0 aliphatic rings. The minimum atomic E-state index is 0.00660. The number of para-hydroxylation sites is 1. The number of hydrogen-bond donors (Lipinski definition) is 0. The Balaban J connectivity index is 2.32. The van der Waals surface area contributed by atoms with Gasteiger partial charge in [-0.3, -0.25) is 9.36 Å². The van der Waals surface area contributed by atoms with Crippen LogP contribution in [0.5, 0.6) is 0 Å². The monoisotopic (exact) mass is 370 g/mol. The fourth-order valence-electron chi connectivity index (χ4n) is 2.80. The summed E-state index contributed by atoms with van der Waals surface area (Å²) in [5.41, 5.74) is 2.74. The van der Waals surface area contributed by atoms with E-state index in [2.05, 4.69) is 22.9 Å². The maximum atomic E-state index is 13.1. The lowest BCUT2D eigenvalue weighted by atomic mass is 10.1. The number of aromatic nitrogens is 2. The highest BCUT2D eigenvalue weighted by atomic mass is 79.9. The molecule has 0 saturated heterocycles. The highest BCUT2D eigenvalue weighted by molar-refractivity contribution is 9.10. The standard InChI is InChI=1S/C19H19BrN2O/c1-3-4-9-18-21-16-8-6-5-7-15(16)19(23)22(18)17-11-10-14(20)12-13(17)2/h5-8,10-12H,3-4,9H2,1-2H3. The molecule has 0 N–H and O–H groups in total. The normalized spacial score (nSPS) is 11.1. The van der Waals surface area contributed by atoms with E-state index < -0.39 is 0 Å². The topological polar surface area (TPSA) is 34.9 Å². The van der Waals surface area contributed by atoms with Crippen molar-refractivity contribution in [1.29, 1.82) is 0 Å². The summed E-state index contributed by atoms with van der Waals surface area (Å²) in [6.07, 6.45) is 2.88. The molecule has 23 heavy (non-hydrogen) atoms. The zero-order valence-electron chi connectivity index (χ0n) is 13.3. The minimum absolute atomic E-state index is 0.00660. The first kappa shape index (κ1) is 15.9. The Morgan fingerprint density at radius 2 is 1.96 bits per heavy atom. The molecule has 0 aliphatic carbocycles. The van der Waals surface area contributed by atoms with Crippen LogP contribution in [0.1, 0.15) is 31.2 Å². The Bertz CT molecular complexity index is 915. The predicted octanol–water partition coefficient (Wildman–Crippen LogP) is 4.80. The zero-order chi connectivity index (χ0) is 16.4. The van der Waals surface area contributed by atoms with Crippen LogP contribution >= 0.6 is 15.9 Å². The zero-order valence-corrected chi connectivity index (χ0v) is 14.9. The van der Waals surface area contributed by atoms with E-state index in [9.17, 15) is 4.79 Å². The van der Waals surface area contributed by atoms with Crippen LogP contribution in [-0.4, -0.2) is 9.55 Å². The lowest BCUT2D eigenvalue weighted by molar-refractivity contribution is 0.719. The molecule has 3 rings (SSSR count). The second kappa shape index (κ2) is 6.67. The average Bonchev–Trinajstić information content (AvgIpc) is 2.54. The number of benzene rings is 2. The molecule has 0 bridgehead atoms. The number of fused-ring (bicyclic) bond motifs is 1. The first-order valence-electron chi connectivity index (χ1n) is 7.89. The van der Waals surface area contributed by atoms with Crippen LogP contribution in [0.15, 0.2) is 51.7 Å². The Hall–Kier alpha value is -1.94. The van der Waals surface area contributed by atoms with Gasteiger partial charge in [0, 0.05) is 10.9 Å². The van der Waals surface area contributed by atoms with Crippen LogP contribution in [-0.2, 0) is 6.42 Å². The molecule has 1 heterocycles. The van der Waals surface area contributed by atoms with Gasteiger partial charge in [0.2, 0.25) is 0 Å².